The fourth-order valence-electron chi connectivity index (χ4n) is 2.10. The Labute approximate surface area is 148 Å². The highest BCUT2D eigenvalue weighted by Gasteiger charge is 2.09. The number of anilines is 1. The lowest BCUT2D eigenvalue weighted by atomic mass is 10.1. The first-order chi connectivity index (χ1) is 12.1. The lowest BCUT2D eigenvalue weighted by molar-refractivity contribution is -0.118. The van der Waals surface area contributed by atoms with Gasteiger partial charge in [0.25, 0.3) is 5.91 Å². The number of ketones is 1. The second-order valence-corrected chi connectivity index (χ2v) is 6.05. The van der Waals surface area contributed by atoms with Gasteiger partial charge in [0.2, 0.25) is 0 Å². The molecule has 6 nitrogen and oxygen atoms in total. The summed E-state index contributed by atoms with van der Waals surface area (Å²) in [4.78, 5) is 31.7. The largest absolute Gasteiger partial charge is 0.484 e. The van der Waals surface area contributed by atoms with E-state index in [9.17, 15) is 9.59 Å². The molecule has 0 spiro atoms. The van der Waals surface area contributed by atoms with E-state index in [1.54, 1.807) is 36.7 Å². The number of rotatable bonds is 6. The Hall–Kier alpha value is -3.06. The molecule has 0 aliphatic heterocycles. The van der Waals surface area contributed by atoms with Gasteiger partial charge in [-0.25, -0.2) is 4.98 Å². The smallest absolute Gasteiger partial charge is 0.264 e. The number of amides is 1. The van der Waals surface area contributed by atoms with Crippen molar-refractivity contribution in [3.8, 4) is 17.0 Å². The molecule has 126 valence electrons. The van der Waals surface area contributed by atoms with E-state index in [1.165, 1.54) is 18.3 Å². The molecule has 0 radical (unpaired) electrons. The topological polar surface area (TPSA) is 81.2 Å². The number of aromatic nitrogens is 2. The first-order valence-corrected chi connectivity index (χ1v) is 8.39. The number of nitrogens with zero attached hydrogens (tertiary/aromatic N) is 2. The second kappa shape index (κ2) is 7.67. The van der Waals surface area contributed by atoms with E-state index in [-0.39, 0.29) is 18.3 Å². The Kier molecular flexibility index (Phi) is 5.15. The maximum absolute atomic E-state index is 12.0. The molecule has 0 atom stereocenters. The predicted molar refractivity (Wildman–Crippen MR) is 95.9 cm³/mol. The first-order valence-electron chi connectivity index (χ1n) is 7.51. The van der Waals surface area contributed by atoms with Gasteiger partial charge in [0, 0.05) is 28.9 Å². The van der Waals surface area contributed by atoms with Crippen LogP contribution in [0.4, 0.5) is 5.13 Å². The summed E-state index contributed by atoms with van der Waals surface area (Å²) in [7, 11) is 0. The van der Waals surface area contributed by atoms with Crippen LogP contribution >= 0.6 is 11.3 Å². The summed E-state index contributed by atoms with van der Waals surface area (Å²) in [6.07, 6.45) is 3.38. The van der Waals surface area contributed by atoms with Crippen LogP contribution in [0.15, 0.2) is 54.2 Å². The van der Waals surface area contributed by atoms with E-state index in [0.717, 1.165) is 11.3 Å². The van der Waals surface area contributed by atoms with Crippen molar-refractivity contribution in [2.75, 3.05) is 11.9 Å². The summed E-state index contributed by atoms with van der Waals surface area (Å²) in [6, 6.07) is 10.4. The average Bonchev–Trinajstić information content (AvgIpc) is 3.09. The van der Waals surface area contributed by atoms with Crippen LogP contribution in [-0.2, 0) is 4.79 Å². The van der Waals surface area contributed by atoms with E-state index in [4.69, 9.17) is 4.74 Å². The number of hydrogen-bond donors (Lipinski definition) is 1. The Morgan fingerprint density at radius 3 is 2.76 bits per heavy atom. The standard InChI is InChI=1S/C18H15N3O3S/c1-12(22)14-3-2-4-15(9-14)24-10-17(23)21-18-20-16(11-25-18)13-5-7-19-8-6-13/h2-9,11H,10H2,1H3,(H,20,21,23). The minimum absolute atomic E-state index is 0.0543. The quantitative estimate of drug-likeness (QED) is 0.687. The minimum atomic E-state index is -0.316. The van der Waals surface area contributed by atoms with Crippen molar-refractivity contribution < 1.29 is 14.3 Å². The number of carbonyl (C=O) groups excluding carboxylic acids is 2. The van der Waals surface area contributed by atoms with Crippen molar-refractivity contribution in [2.24, 2.45) is 0 Å². The molecule has 2 heterocycles. The SMILES string of the molecule is CC(=O)c1cccc(OCC(=O)Nc2nc(-c3ccncc3)cs2)c1. The number of benzene rings is 1. The molecule has 0 unspecified atom stereocenters. The van der Waals surface area contributed by atoms with Crippen LogP contribution in [0.25, 0.3) is 11.3 Å². The molecule has 0 aliphatic carbocycles. The van der Waals surface area contributed by atoms with Crippen LogP contribution in [-0.4, -0.2) is 28.3 Å². The molecule has 1 N–H and O–H groups in total. The van der Waals surface area contributed by atoms with Gasteiger partial charge in [-0.3, -0.25) is 19.9 Å². The molecule has 1 aromatic carbocycles. The molecular weight excluding hydrogens is 338 g/mol. The third-order valence-electron chi connectivity index (χ3n) is 3.34. The molecule has 0 bridgehead atoms. The molecule has 3 rings (SSSR count). The number of hydrogen-bond acceptors (Lipinski definition) is 6. The normalized spacial score (nSPS) is 10.3. The van der Waals surface area contributed by atoms with Gasteiger partial charge in [-0.2, -0.15) is 0 Å². The lowest BCUT2D eigenvalue weighted by Crippen LogP contribution is -2.20. The molecular formula is C18H15N3O3S. The van der Waals surface area contributed by atoms with Crippen molar-refractivity contribution in [1.29, 1.82) is 0 Å². The molecule has 0 saturated carbocycles. The highest BCUT2D eigenvalue weighted by molar-refractivity contribution is 7.14. The van der Waals surface area contributed by atoms with Gasteiger partial charge in [0.15, 0.2) is 17.5 Å². The lowest BCUT2D eigenvalue weighted by Gasteiger charge is -2.06. The number of carbonyl (C=O) groups is 2. The Morgan fingerprint density at radius 2 is 2.00 bits per heavy atom. The van der Waals surface area contributed by atoms with E-state index in [0.29, 0.717) is 16.4 Å². The van der Waals surface area contributed by atoms with Gasteiger partial charge in [-0.1, -0.05) is 12.1 Å². The zero-order valence-corrected chi connectivity index (χ0v) is 14.2. The third-order valence-corrected chi connectivity index (χ3v) is 4.09. The first kappa shape index (κ1) is 16.8. The molecule has 0 saturated heterocycles. The highest BCUT2D eigenvalue weighted by Crippen LogP contribution is 2.24. The number of ether oxygens (including phenoxy) is 1. The summed E-state index contributed by atoms with van der Waals surface area (Å²) in [6.45, 7) is 1.32. The Balaban J connectivity index is 1.57. The van der Waals surface area contributed by atoms with Gasteiger partial charge in [0.05, 0.1) is 5.69 Å². The van der Waals surface area contributed by atoms with Gasteiger partial charge < -0.3 is 4.74 Å². The molecule has 2 aromatic heterocycles. The predicted octanol–water partition coefficient (Wildman–Crippen LogP) is 3.43. The van der Waals surface area contributed by atoms with Crippen molar-refractivity contribution in [1.82, 2.24) is 9.97 Å². The van der Waals surface area contributed by atoms with Gasteiger partial charge in [-0.05, 0) is 31.2 Å². The van der Waals surface area contributed by atoms with E-state index in [1.807, 2.05) is 17.5 Å². The van der Waals surface area contributed by atoms with Crippen LogP contribution in [0, 0.1) is 0 Å². The number of nitrogens with one attached hydrogen (secondary N) is 1. The van der Waals surface area contributed by atoms with Crippen LogP contribution in [0.5, 0.6) is 5.75 Å². The minimum Gasteiger partial charge on any atom is -0.484 e. The second-order valence-electron chi connectivity index (χ2n) is 5.19. The number of pyridine rings is 1. The summed E-state index contributed by atoms with van der Waals surface area (Å²) in [5.41, 5.74) is 2.25. The molecule has 25 heavy (non-hydrogen) atoms. The van der Waals surface area contributed by atoms with E-state index in [2.05, 4.69) is 15.3 Å². The molecule has 3 aromatic rings. The van der Waals surface area contributed by atoms with Crippen LogP contribution < -0.4 is 10.1 Å². The van der Waals surface area contributed by atoms with Crippen molar-refractivity contribution in [3.63, 3.8) is 0 Å². The van der Waals surface area contributed by atoms with Gasteiger partial charge in [-0.15, -0.1) is 11.3 Å². The molecule has 7 heteroatoms. The fourth-order valence-corrected chi connectivity index (χ4v) is 2.83. The van der Waals surface area contributed by atoms with Gasteiger partial charge in [0.1, 0.15) is 5.75 Å². The van der Waals surface area contributed by atoms with Gasteiger partial charge >= 0.3 is 0 Å². The summed E-state index contributed by atoms with van der Waals surface area (Å²) >= 11 is 1.34. The van der Waals surface area contributed by atoms with Crippen molar-refractivity contribution >= 4 is 28.2 Å². The van der Waals surface area contributed by atoms with Crippen molar-refractivity contribution in [2.45, 2.75) is 6.92 Å². The maximum atomic E-state index is 12.0. The maximum Gasteiger partial charge on any atom is 0.264 e. The molecule has 0 fully saturated rings. The average molecular weight is 353 g/mol. The zero-order valence-electron chi connectivity index (χ0n) is 13.4. The molecule has 0 aliphatic rings. The van der Waals surface area contributed by atoms with E-state index >= 15 is 0 Å². The number of thiazole rings is 1. The number of Topliss-reactive ketones (excluding diaryl/α,β-unsaturated/α-hetero) is 1. The van der Waals surface area contributed by atoms with E-state index < -0.39 is 0 Å². The Morgan fingerprint density at radius 1 is 1.20 bits per heavy atom. The summed E-state index contributed by atoms with van der Waals surface area (Å²) in [5.74, 6) is 0.102. The van der Waals surface area contributed by atoms with Crippen LogP contribution in [0.3, 0.4) is 0 Å². The van der Waals surface area contributed by atoms with Crippen molar-refractivity contribution in [3.05, 3.63) is 59.7 Å². The fraction of sp³-hybridized carbons (Fsp3) is 0.111. The zero-order chi connectivity index (χ0) is 17.6. The molecule has 1 amide bonds. The highest BCUT2D eigenvalue weighted by atomic mass is 32.1. The summed E-state index contributed by atoms with van der Waals surface area (Å²) < 4.78 is 5.43. The van der Waals surface area contributed by atoms with Crippen LogP contribution in [0.1, 0.15) is 17.3 Å². The monoisotopic (exact) mass is 353 g/mol. The van der Waals surface area contributed by atoms with Crippen LogP contribution in [0.2, 0.25) is 0 Å². The Bertz CT molecular complexity index is 893. The third kappa shape index (κ3) is 4.48. The summed E-state index contributed by atoms with van der Waals surface area (Å²) in [5, 5.41) is 5.06.